The molecule has 0 radical (unpaired) electrons. The first kappa shape index (κ1) is 18.2. The Morgan fingerprint density at radius 3 is 2.55 bits per heavy atom. The molecule has 1 aliphatic heterocycles. The molecule has 6 heteroatoms. The van der Waals surface area contributed by atoms with E-state index in [1.54, 1.807) is 11.8 Å². The SMILES string of the molecule is CC(C=CC(=O)O)NC(=O)C1CCCN1C(=O)CC(C)(C)C. The average Bonchev–Trinajstić information content (AvgIpc) is 2.83. The van der Waals surface area contributed by atoms with Gasteiger partial charge >= 0.3 is 5.97 Å². The molecule has 0 aromatic rings. The van der Waals surface area contributed by atoms with E-state index in [1.807, 2.05) is 20.8 Å². The molecule has 22 heavy (non-hydrogen) atoms. The van der Waals surface area contributed by atoms with Crippen molar-refractivity contribution < 1.29 is 19.5 Å². The van der Waals surface area contributed by atoms with E-state index in [-0.39, 0.29) is 23.3 Å². The summed E-state index contributed by atoms with van der Waals surface area (Å²) in [6, 6.07) is -0.834. The predicted molar refractivity (Wildman–Crippen MR) is 83.2 cm³/mol. The number of carbonyl (C=O) groups excluding carboxylic acids is 2. The van der Waals surface area contributed by atoms with Crippen LogP contribution in [-0.4, -0.2) is 46.4 Å². The third-order valence-corrected chi connectivity index (χ3v) is 3.45. The predicted octanol–water partition coefficient (Wildman–Crippen LogP) is 1.56. The Hall–Kier alpha value is -1.85. The molecule has 0 aliphatic carbocycles. The largest absolute Gasteiger partial charge is 0.478 e. The maximum Gasteiger partial charge on any atom is 0.328 e. The van der Waals surface area contributed by atoms with Crippen LogP contribution in [0.1, 0.15) is 47.0 Å². The smallest absolute Gasteiger partial charge is 0.328 e. The van der Waals surface area contributed by atoms with E-state index in [2.05, 4.69) is 5.32 Å². The molecule has 2 unspecified atom stereocenters. The number of rotatable bonds is 5. The fourth-order valence-corrected chi connectivity index (χ4v) is 2.49. The zero-order chi connectivity index (χ0) is 16.9. The lowest BCUT2D eigenvalue weighted by molar-refractivity contribution is -0.139. The summed E-state index contributed by atoms with van der Waals surface area (Å²) in [6.45, 7) is 8.29. The summed E-state index contributed by atoms with van der Waals surface area (Å²) in [4.78, 5) is 36.7. The molecule has 1 aliphatic rings. The Kier molecular flexibility index (Phi) is 6.14. The van der Waals surface area contributed by atoms with Crippen molar-refractivity contribution in [1.82, 2.24) is 10.2 Å². The van der Waals surface area contributed by atoms with Gasteiger partial charge in [-0.05, 0) is 25.2 Å². The van der Waals surface area contributed by atoms with Gasteiger partial charge in [0.15, 0.2) is 0 Å². The van der Waals surface area contributed by atoms with Gasteiger partial charge in [0, 0.05) is 25.1 Å². The third-order valence-electron chi connectivity index (χ3n) is 3.45. The molecule has 2 atom stereocenters. The zero-order valence-corrected chi connectivity index (χ0v) is 13.8. The van der Waals surface area contributed by atoms with Gasteiger partial charge in [-0.2, -0.15) is 0 Å². The maximum absolute atomic E-state index is 12.3. The van der Waals surface area contributed by atoms with Crippen LogP contribution in [0.2, 0.25) is 0 Å². The Morgan fingerprint density at radius 1 is 1.36 bits per heavy atom. The van der Waals surface area contributed by atoms with E-state index in [4.69, 9.17) is 5.11 Å². The van der Waals surface area contributed by atoms with Gasteiger partial charge in [0.05, 0.1) is 0 Å². The van der Waals surface area contributed by atoms with Crippen LogP contribution in [0.3, 0.4) is 0 Å². The maximum atomic E-state index is 12.3. The van der Waals surface area contributed by atoms with Crippen molar-refractivity contribution in [2.45, 2.75) is 59.0 Å². The van der Waals surface area contributed by atoms with E-state index in [9.17, 15) is 14.4 Å². The summed E-state index contributed by atoms with van der Waals surface area (Å²) in [6.07, 6.45) is 4.29. The molecule has 0 spiro atoms. The highest BCUT2D eigenvalue weighted by Gasteiger charge is 2.35. The summed E-state index contributed by atoms with van der Waals surface area (Å²) in [5, 5.41) is 11.3. The normalized spacial score (nSPS) is 20.2. The number of aliphatic carboxylic acids is 1. The highest BCUT2D eigenvalue weighted by molar-refractivity contribution is 5.88. The average molecular weight is 310 g/mol. The second-order valence-corrected chi connectivity index (χ2v) is 6.98. The Labute approximate surface area is 131 Å². The number of nitrogens with one attached hydrogen (secondary N) is 1. The number of hydrogen-bond acceptors (Lipinski definition) is 3. The Morgan fingerprint density at radius 2 is 2.00 bits per heavy atom. The van der Waals surface area contributed by atoms with Gasteiger partial charge in [-0.15, -0.1) is 0 Å². The molecule has 0 bridgehead atoms. The lowest BCUT2D eigenvalue weighted by Crippen LogP contribution is -2.48. The molecule has 0 aromatic heterocycles. The van der Waals surface area contributed by atoms with Crippen LogP contribution in [0, 0.1) is 5.41 Å². The second kappa shape index (κ2) is 7.42. The summed E-state index contributed by atoms with van der Waals surface area (Å²) in [5.41, 5.74) is -0.113. The number of hydrogen-bond donors (Lipinski definition) is 2. The summed E-state index contributed by atoms with van der Waals surface area (Å²) >= 11 is 0. The topological polar surface area (TPSA) is 86.7 Å². The number of amides is 2. The van der Waals surface area contributed by atoms with Crippen LogP contribution in [-0.2, 0) is 14.4 Å². The molecule has 124 valence electrons. The van der Waals surface area contributed by atoms with E-state index in [0.29, 0.717) is 19.4 Å². The van der Waals surface area contributed by atoms with Crippen LogP contribution < -0.4 is 5.32 Å². The molecule has 0 saturated carbocycles. The molecule has 1 rings (SSSR count). The minimum Gasteiger partial charge on any atom is -0.478 e. The monoisotopic (exact) mass is 310 g/mol. The minimum absolute atomic E-state index is 0.00104. The van der Waals surface area contributed by atoms with E-state index >= 15 is 0 Å². The first-order valence-electron chi connectivity index (χ1n) is 7.61. The van der Waals surface area contributed by atoms with Crippen molar-refractivity contribution in [3.8, 4) is 0 Å². The van der Waals surface area contributed by atoms with Gasteiger partial charge in [0.1, 0.15) is 6.04 Å². The first-order valence-corrected chi connectivity index (χ1v) is 7.61. The standard InChI is InChI=1S/C16H26N2O4/c1-11(7-8-14(20)21)17-15(22)12-6-5-9-18(12)13(19)10-16(2,3)4/h7-8,11-12H,5-6,9-10H2,1-4H3,(H,17,22)(H,20,21). The fourth-order valence-electron chi connectivity index (χ4n) is 2.49. The molecule has 6 nitrogen and oxygen atoms in total. The summed E-state index contributed by atoms with van der Waals surface area (Å²) in [5.74, 6) is -1.27. The molecule has 2 N–H and O–H groups in total. The quantitative estimate of drug-likeness (QED) is 0.754. The molecule has 1 fully saturated rings. The first-order chi connectivity index (χ1) is 10.1. The number of carboxylic acid groups (broad SMARTS) is 1. The van der Waals surface area contributed by atoms with Crippen LogP contribution >= 0.6 is 0 Å². The van der Waals surface area contributed by atoms with E-state index in [1.165, 1.54) is 6.08 Å². The van der Waals surface area contributed by atoms with Crippen molar-refractivity contribution in [2.75, 3.05) is 6.54 Å². The summed E-state index contributed by atoms with van der Waals surface area (Å²) < 4.78 is 0. The van der Waals surface area contributed by atoms with Crippen LogP contribution in [0.4, 0.5) is 0 Å². The summed E-state index contributed by atoms with van der Waals surface area (Å²) in [7, 11) is 0. The Balaban J connectivity index is 2.64. The number of carbonyl (C=O) groups is 3. The molecule has 2 amide bonds. The highest BCUT2D eigenvalue weighted by Crippen LogP contribution is 2.24. The highest BCUT2D eigenvalue weighted by atomic mass is 16.4. The van der Waals surface area contributed by atoms with Gasteiger partial charge < -0.3 is 15.3 Å². The fraction of sp³-hybridized carbons (Fsp3) is 0.688. The Bertz CT molecular complexity index is 465. The van der Waals surface area contributed by atoms with Crippen LogP contribution in [0.25, 0.3) is 0 Å². The zero-order valence-electron chi connectivity index (χ0n) is 13.8. The number of nitrogens with zero attached hydrogens (tertiary/aromatic N) is 1. The molecular weight excluding hydrogens is 284 g/mol. The van der Waals surface area contributed by atoms with Crippen molar-refractivity contribution in [1.29, 1.82) is 0 Å². The molecule has 0 aromatic carbocycles. The number of carboxylic acids is 1. The van der Waals surface area contributed by atoms with Crippen molar-refractivity contribution in [2.24, 2.45) is 5.41 Å². The lowest BCUT2D eigenvalue weighted by atomic mass is 9.91. The van der Waals surface area contributed by atoms with Crippen LogP contribution in [0.5, 0.6) is 0 Å². The molecule has 1 heterocycles. The van der Waals surface area contributed by atoms with E-state index in [0.717, 1.165) is 12.5 Å². The molecular formula is C16H26N2O4. The van der Waals surface area contributed by atoms with Gasteiger partial charge in [0.2, 0.25) is 11.8 Å². The van der Waals surface area contributed by atoms with Gasteiger partial charge in [-0.25, -0.2) is 4.79 Å². The third kappa shape index (κ3) is 5.87. The van der Waals surface area contributed by atoms with E-state index < -0.39 is 12.0 Å². The lowest BCUT2D eigenvalue weighted by Gasteiger charge is -2.28. The van der Waals surface area contributed by atoms with Crippen molar-refractivity contribution in [3.63, 3.8) is 0 Å². The molecule has 1 saturated heterocycles. The van der Waals surface area contributed by atoms with Gasteiger partial charge in [0.25, 0.3) is 0 Å². The second-order valence-electron chi connectivity index (χ2n) is 6.98. The van der Waals surface area contributed by atoms with Crippen molar-refractivity contribution in [3.05, 3.63) is 12.2 Å². The minimum atomic E-state index is -1.05. The van der Waals surface area contributed by atoms with Gasteiger partial charge in [-0.1, -0.05) is 26.8 Å². The van der Waals surface area contributed by atoms with Gasteiger partial charge in [-0.3, -0.25) is 9.59 Å². The number of likely N-dealkylation sites (tertiary alicyclic amines) is 1. The van der Waals surface area contributed by atoms with Crippen LogP contribution in [0.15, 0.2) is 12.2 Å². The van der Waals surface area contributed by atoms with Crippen molar-refractivity contribution >= 4 is 17.8 Å².